The Morgan fingerprint density at radius 2 is 1.88 bits per heavy atom. The number of guanidine groups is 1. The molecule has 0 radical (unpaired) electrons. The lowest BCUT2D eigenvalue weighted by Gasteiger charge is -2.23. The standard InChI is InChI=1S/C25H31N5O.HI/c1-3-26-25(27-17-22-14-15-31-24(22)21-10-6-4-7-11-21)29(2)18-20-16-28-30(19-20)23-12-8-5-9-13-23;/h4-13,16,19,22,24H,3,14-15,17-18H2,1-2H3,(H,26,27);1H. The molecule has 6 nitrogen and oxygen atoms in total. The number of para-hydroxylation sites is 1. The van der Waals surface area contributed by atoms with Gasteiger partial charge in [-0.3, -0.25) is 4.99 Å². The van der Waals surface area contributed by atoms with Crippen LogP contribution in [0.5, 0.6) is 0 Å². The van der Waals surface area contributed by atoms with E-state index in [0.29, 0.717) is 5.92 Å². The maximum Gasteiger partial charge on any atom is 0.193 e. The third kappa shape index (κ3) is 6.10. The van der Waals surface area contributed by atoms with Crippen LogP contribution >= 0.6 is 24.0 Å². The van der Waals surface area contributed by atoms with Gasteiger partial charge in [-0.25, -0.2) is 4.68 Å². The quantitative estimate of drug-likeness (QED) is 0.267. The monoisotopic (exact) mass is 545 g/mol. The Hall–Kier alpha value is -2.39. The van der Waals surface area contributed by atoms with Crippen LogP contribution in [0.1, 0.15) is 30.6 Å². The van der Waals surface area contributed by atoms with Crippen molar-refractivity contribution in [2.75, 3.05) is 26.7 Å². The first-order valence-corrected chi connectivity index (χ1v) is 11.0. The van der Waals surface area contributed by atoms with E-state index in [2.05, 4.69) is 71.9 Å². The van der Waals surface area contributed by atoms with Crippen molar-refractivity contribution >= 4 is 29.9 Å². The molecule has 1 fully saturated rings. The summed E-state index contributed by atoms with van der Waals surface area (Å²) in [6.45, 7) is 5.21. The Balaban J connectivity index is 0.00000289. The molecule has 2 unspecified atom stereocenters. The number of aliphatic imine (C=N–C) groups is 1. The maximum atomic E-state index is 6.03. The highest BCUT2D eigenvalue weighted by Crippen LogP contribution is 2.34. The number of nitrogens with zero attached hydrogens (tertiary/aromatic N) is 4. The van der Waals surface area contributed by atoms with Crippen LogP contribution in [0.2, 0.25) is 0 Å². The molecule has 1 saturated heterocycles. The van der Waals surface area contributed by atoms with Crippen molar-refractivity contribution in [3.05, 3.63) is 84.2 Å². The van der Waals surface area contributed by atoms with Crippen LogP contribution in [-0.2, 0) is 11.3 Å². The van der Waals surface area contributed by atoms with Gasteiger partial charge in [0.2, 0.25) is 0 Å². The smallest absolute Gasteiger partial charge is 0.193 e. The van der Waals surface area contributed by atoms with Gasteiger partial charge in [0.1, 0.15) is 0 Å². The third-order valence-corrected chi connectivity index (χ3v) is 5.59. The summed E-state index contributed by atoms with van der Waals surface area (Å²) >= 11 is 0. The molecule has 32 heavy (non-hydrogen) atoms. The van der Waals surface area contributed by atoms with Crippen LogP contribution < -0.4 is 5.32 Å². The number of aromatic nitrogens is 2. The first kappa shape index (κ1) is 24.3. The minimum absolute atomic E-state index is 0. The SMILES string of the molecule is CCNC(=NCC1CCOC1c1ccccc1)N(C)Cc1cnn(-c2ccccc2)c1.I. The molecule has 1 aromatic heterocycles. The minimum Gasteiger partial charge on any atom is -0.373 e. The lowest BCUT2D eigenvalue weighted by molar-refractivity contribution is 0.0925. The van der Waals surface area contributed by atoms with Crippen LogP contribution in [0.25, 0.3) is 5.69 Å². The van der Waals surface area contributed by atoms with Gasteiger partial charge in [-0.1, -0.05) is 48.5 Å². The molecule has 1 aliphatic rings. The second kappa shape index (κ2) is 12.0. The van der Waals surface area contributed by atoms with Gasteiger partial charge >= 0.3 is 0 Å². The highest BCUT2D eigenvalue weighted by atomic mass is 127. The van der Waals surface area contributed by atoms with E-state index in [-0.39, 0.29) is 30.1 Å². The van der Waals surface area contributed by atoms with Gasteiger partial charge in [0.05, 0.1) is 18.0 Å². The molecule has 1 N–H and O–H groups in total. The fourth-order valence-electron chi connectivity index (χ4n) is 4.02. The number of hydrogen-bond donors (Lipinski definition) is 1. The molecule has 3 aromatic rings. The average Bonchev–Trinajstić information content (AvgIpc) is 3.47. The zero-order valence-electron chi connectivity index (χ0n) is 18.7. The van der Waals surface area contributed by atoms with Crippen molar-refractivity contribution in [3.63, 3.8) is 0 Å². The van der Waals surface area contributed by atoms with Crippen LogP contribution in [0.15, 0.2) is 78.0 Å². The van der Waals surface area contributed by atoms with Gasteiger partial charge in [-0.2, -0.15) is 5.10 Å². The first-order chi connectivity index (χ1) is 15.2. The lowest BCUT2D eigenvalue weighted by Crippen LogP contribution is -2.38. The van der Waals surface area contributed by atoms with Gasteiger partial charge in [0.15, 0.2) is 5.96 Å². The summed E-state index contributed by atoms with van der Waals surface area (Å²) in [7, 11) is 2.07. The Morgan fingerprint density at radius 3 is 2.59 bits per heavy atom. The average molecular weight is 545 g/mol. The van der Waals surface area contributed by atoms with Gasteiger partial charge in [-0.15, -0.1) is 24.0 Å². The first-order valence-electron chi connectivity index (χ1n) is 11.0. The topological polar surface area (TPSA) is 54.7 Å². The number of rotatable bonds is 7. The summed E-state index contributed by atoms with van der Waals surface area (Å²) in [5.74, 6) is 1.30. The van der Waals surface area contributed by atoms with Crippen molar-refractivity contribution in [1.29, 1.82) is 0 Å². The summed E-state index contributed by atoms with van der Waals surface area (Å²) in [6.07, 6.45) is 5.16. The predicted octanol–water partition coefficient (Wildman–Crippen LogP) is 4.67. The Labute approximate surface area is 207 Å². The summed E-state index contributed by atoms with van der Waals surface area (Å²) in [5, 5.41) is 7.94. The fraction of sp³-hybridized carbons (Fsp3) is 0.360. The van der Waals surface area contributed by atoms with E-state index in [1.165, 1.54) is 5.56 Å². The van der Waals surface area contributed by atoms with E-state index in [4.69, 9.17) is 9.73 Å². The van der Waals surface area contributed by atoms with Crippen molar-refractivity contribution in [3.8, 4) is 5.69 Å². The summed E-state index contributed by atoms with van der Waals surface area (Å²) in [4.78, 5) is 7.11. The largest absolute Gasteiger partial charge is 0.373 e. The van der Waals surface area contributed by atoms with Gasteiger partial charge in [-0.05, 0) is 31.0 Å². The second-order valence-corrected chi connectivity index (χ2v) is 7.93. The van der Waals surface area contributed by atoms with Crippen molar-refractivity contribution in [2.24, 2.45) is 10.9 Å². The fourth-order valence-corrected chi connectivity index (χ4v) is 4.02. The molecule has 2 heterocycles. The third-order valence-electron chi connectivity index (χ3n) is 5.59. The number of nitrogens with one attached hydrogen (secondary N) is 1. The molecule has 0 amide bonds. The zero-order chi connectivity index (χ0) is 21.5. The lowest BCUT2D eigenvalue weighted by atomic mass is 9.95. The molecule has 0 saturated carbocycles. The number of benzene rings is 2. The van der Waals surface area contributed by atoms with Crippen molar-refractivity contribution < 1.29 is 4.74 Å². The minimum atomic E-state index is 0. The molecule has 2 atom stereocenters. The Kier molecular flexibility index (Phi) is 9.11. The van der Waals surface area contributed by atoms with E-state index in [0.717, 1.165) is 49.9 Å². The van der Waals surface area contributed by atoms with Crippen LogP contribution in [0, 0.1) is 5.92 Å². The maximum absolute atomic E-state index is 6.03. The zero-order valence-corrected chi connectivity index (χ0v) is 21.1. The molecule has 4 rings (SSSR count). The van der Waals surface area contributed by atoms with Crippen LogP contribution in [0.4, 0.5) is 0 Å². The van der Waals surface area contributed by atoms with Gasteiger partial charge in [0.25, 0.3) is 0 Å². The van der Waals surface area contributed by atoms with E-state index < -0.39 is 0 Å². The molecule has 0 spiro atoms. The molecular weight excluding hydrogens is 513 g/mol. The molecule has 2 aromatic carbocycles. The van der Waals surface area contributed by atoms with Gasteiger partial charge < -0.3 is 15.0 Å². The van der Waals surface area contributed by atoms with Crippen molar-refractivity contribution in [2.45, 2.75) is 26.0 Å². The number of hydrogen-bond acceptors (Lipinski definition) is 3. The molecule has 0 aliphatic carbocycles. The van der Waals surface area contributed by atoms with E-state index in [1.807, 2.05) is 35.1 Å². The predicted molar refractivity (Wildman–Crippen MR) is 140 cm³/mol. The normalized spacial score (nSPS) is 18.2. The molecular formula is C25H32IN5O. The van der Waals surface area contributed by atoms with E-state index in [9.17, 15) is 0 Å². The van der Waals surface area contributed by atoms with Crippen molar-refractivity contribution in [1.82, 2.24) is 20.0 Å². The summed E-state index contributed by atoms with van der Waals surface area (Å²) in [5.41, 5.74) is 3.44. The van der Waals surface area contributed by atoms with E-state index >= 15 is 0 Å². The summed E-state index contributed by atoms with van der Waals surface area (Å²) < 4.78 is 7.94. The highest BCUT2D eigenvalue weighted by Gasteiger charge is 2.29. The van der Waals surface area contributed by atoms with Crippen LogP contribution in [0.3, 0.4) is 0 Å². The van der Waals surface area contributed by atoms with Crippen LogP contribution in [-0.4, -0.2) is 47.4 Å². The van der Waals surface area contributed by atoms with Gasteiger partial charge in [0, 0.05) is 51.0 Å². The Bertz CT molecular complexity index is 976. The second-order valence-electron chi connectivity index (χ2n) is 7.93. The number of halogens is 1. The highest BCUT2D eigenvalue weighted by molar-refractivity contribution is 14.0. The summed E-state index contributed by atoms with van der Waals surface area (Å²) in [6, 6.07) is 20.7. The molecule has 170 valence electrons. The Morgan fingerprint density at radius 1 is 1.16 bits per heavy atom. The molecule has 0 bridgehead atoms. The number of ether oxygens (including phenoxy) is 1. The molecule has 1 aliphatic heterocycles. The molecule has 7 heteroatoms. The van der Waals surface area contributed by atoms with E-state index in [1.54, 1.807) is 0 Å².